The largest absolute Gasteiger partial charge is 0.0779 e. The number of hydrogen-bond acceptors (Lipinski definition) is 0. The van der Waals surface area contributed by atoms with Crippen LogP contribution in [0.15, 0.2) is 24.3 Å². The van der Waals surface area contributed by atoms with Crippen LogP contribution in [0, 0.1) is 0 Å². The number of hydrogen-bond donors (Lipinski definition) is 0. The molecule has 0 saturated heterocycles. The molecule has 0 bridgehead atoms. The van der Waals surface area contributed by atoms with Gasteiger partial charge >= 0.3 is 0 Å². The van der Waals surface area contributed by atoms with E-state index in [0.717, 1.165) is 0 Å². The molecule has 14 heavy (non-hydrogen) atoms. The molecule has 0 N–H and O–H groups in total. The Balaban J connectivity index is 3.16. The van der Waals surface area contributed by atoms with Crippen molar-refractivity contribution >= 4 is 13.3 Å². The fourth-order valence-electron chi connectivity index (χ4n) is 1.83. The quantitative estimate of drug-likeness (QED) is 0.661. The third-order valence-electron chi connectivity index (χ3n) is 2.91. The summed E-state index contributed by atoms with van der Waals surface area (Å²) in [5, 5.41) is 1.63. The normalized spacial score (nSPS) is 14.1. The predicted molar refractivity (Wildman–Crippen MR) is 68.1 cm³/mol. The van der Waals surface area contributed by atoms with Gasteiger partial charge in [0.05, 0.1) is 8.07 Å². The van der Waals surface area contributed by atoms with Gasteiger partial charge in [-0.2, -0.15) is 0 Å². The summed E-state index contributed by atoms with van der Waals surface area (Å²) >= 11 is 0. The first-order valence-electron chi connectivity index (χ1n) is 5.56. The van der Waals surface area contributed by atoms with Gasteiger partial charge in [-0.15, -0.1) is 0 Å². The van der Waals surface area contributed by atoms with Gasteiger partial charge in [-0.05, 0) is 17.9 Å². The summed E-state index contributed by atoms with van der Waals surface area (Å²) in [7, 11) is -1.16. The van der Waals surface area contributed by atoms with E-state index in [2.05, 4.69) is 57.8 Å². The fourth-order valence-corrected chi connectivity index (χ4v) is 3.62. The van der Waals surface area contributed by atoms with E-state index in [1.165, 1.54) is 6.42 Å². The molecule has 1 heteroatoms. The van der Waals surface area contributed by atoms with Crippen molar-refractivity contribution in [3.8, 4) is 0 Å². The van der Waals surface area contributed by atoms with E-state index in [1.807, 2.05) is 0 Å². The molecule has 0 aliphatic rings. The Morgan fingerprint density at radius 1 is 1.14 bits per heavy atom. The highest BCUT2D eigenvalue weighted by molar-refractivity contribution is 6.89. The van der Waals surface area contributed by atoms with E-state index >= 15 is 0 Å². The fraction of sp³-hybridized carbons (Fsp3) is 0.538. The van der Waals surface area contributed by atoms with Crippen LogP contribution in [-0.2, 0) is 0 Å². The topological polar surface area (TPSA) is 0 Å². The van der Waals surface area contributed by atoms with Crippen LogP contribution in [0.25, 0.3) is 0 Å². The summed E-state index contributed by atoms with van der Waals surface area (Å²) in [5.74, 6) is 0.706. The van der Waals surface area contributed by atoms with Crippen LogP contribution in [0.4, 0.5) is 0 Å². The van der Waals surface area contributed by atoms with Crippen molar-refractivity contribution < 1.29 is 0 Å². The van der Waals surface area contributed by atoms with Gasteiger partial charge in [-0.1, -0.05) is 62.9 Å². The molecule has 0 radical (unpaired) electrons. The molecule has 78 valence electrons. The summed E-state index contributed by atoms with van der Waals surface area (Å²) in [6.45, 7) is 11.9. The second-order valence-electron chi connectivity index (χ2n) is 5.15. The lowest BCUT2D eigenvalue weighted by atomic mass is 9.99. The van der Waals surface area contributed by atoms with Crippen LogP contribution in [0.2, 0.25) is 19.6 Å². The zero-order valence-corrected chi connectivity index (χ0v) is 11.1. The highest BCUT2D eigenvalue weighted by atomic mass is 28.3. The maximum atomic E-state index is 2.42. The minimum atomic E-state index is -1.16. The third-order valence-corrected chi connectivity index (χ3v) is 4.98. The summed E-state index contributed by atoms with van der Waals surface area (Å²) in [4.78, 5) is 0. The van der Waals surface area contributed by atoms with Crippen molar-refractivity contribution in [2.45, 2.75) is 45.8 Å². The van der Waals surface area contributed by atoms with Crippen LogP contribution < -0.4 is 5.19 Å². The molecular weight excluding hydrogens is 184 g/mol. The van der Waals surface area contributed by atoms with E-state index in [9.17, 15) is 0 Å². The van der Waals surface area contributed by atoms with E-state index < -0.39 is 8.07 Å². The molecule has 0 aliphatic carbocycles. The highest BCUT2D eigenvalue weighted by Gasteiger charge is 2.21. The second kappa shape index (κ2) is 4.31. The monoisotopic (exact) mass is 206 g/mol. The molecule has 1 aromatic carbocycles. The first-order valence-corrected chi connectivity index (χ1v) is 9.06. The van der Waals surface area contributed by atoms with Crippen molar-refractivity contribution in [3.05, 3.63) is 29.8 Å². The Hall–Kier alpha value is -0.563. The van der Waals surface area contributed by atoms with Crippen LogP contribution in [0.1, 0.15) is 31.7 Å². The van der Waals surface area contributed by atoms with Gasteiger partial charge in [-0.25, -0.2) is 0 Å². The standard InChI is InChI=1S/C13H22Si/c1-6-11(2)12-9-7-8-10-13(12)14(3,4)5/h7-11H,6H2,1-5H3. The van der Waals surface area contributed by atoms with Crippen LogP contribution in [-0.4, -0.2) is 8.07 Å². The van der Waals surface area contributed by atoms with E-state index in [1.54, 1.807) is 10.8 Å². The van der Waals surface area contributed by atoms with Gasteiger partial charge in [0.15, 0.2) is 0 Å². The lowest BCUT2D eigenvalue weighted by Gasteiger charge is -2.23. The Kier molecular flexibility index (Phi) is 3.54. The summed E-state index contributed by atoms with van der Waals surface area (Å²) < 4.78 is 0. The molecule has 0 saturated carbocycles. The van der Waals surface area contributed by atoms with Crippen LogP contribution in [0.5, 0.6) is 0 Å². The molecule has 0 aromatic heterocycles. The minimum absolute atomic E-state index is 0.706. The lowest BCUT2D eigenvalue weighted by molar-refractivity contribution is 0.737. The molecule has 0 amide bonds. The second-order valence-corrected chi connectivity index (χ2v) is 10.2. The summed E-state index contributed by atoms with van der Waals surface area (Å²) in [5.41, 5.74) is 1.58. The first kappa shape index (κ1) is 11.5. The maximum Gasteiger partial charge on any atom is 0.0779 e. The number of benzene rings is 1. The number of rotatable bonds is 3. The van der Waals surface area contributed by atoms with Crippen molar-refractivity contribution in [2.24, 2.45) is 0 Å². The van der Waals surface area contributed by atoms with Gasteiger partial charge in [0.1, 0.15) is 0 Å². The first-order chi connectivity index (χ1) is 6.46. The van der Waals surface area contributed by atoms with Gasteiger partial charge in [-0.3, -0.25) is 0 Å². The molecule has 1 atom stereocenters. The van der Waals surface area contributed by atoms with E-state index in [4.69, 9.17) is 0 Å². The van der Waals surface area contributed by atoms with Gasteiger partial charge < -0.3 is 0 Å². The zero-order valence-electron chi connectivity index (χ0n) is 10.1. The summed E-state index contributed by atoms with van der Waals surface area (Å²) in [6, 6.07) is 8.99. The van der Waals surface area contributed by atoms with Gasteiger partial charge in [0.25, 0.3) is 0 Å². The van der Waals surface area contributed by atoms with Crippen molar-refractivity contribution in [3.63, 3.8) is 0 Å². The smallest absolute Gasteiger partial charge is 0.0656 e. The van der Waals surface area contributed by atoms with Crippen LogP contribution >= 0.6 is 0 Å². The molecule has 0 spiro atoms. The average molecular weight is 206 g/mol. The Morgan fingerprint density at radius 2 is 1.71 bits per heavy atom. The van der Waals surface area contributed by atoms with E-state index in [0.29, 0.717) is 5.92 Å². The Labute approximate surface area is 89.4 Å². The lowest BCUT2D eigenvalue weighted by Crippen LogP contribution is -2.40. The van der Waals surface area contributed by atoms with Crippen molar-refractivity contribution in [2.75, 3.05) is 0 Å². The highest BCUT2D eigenvalue weighted by Crippen LogP contribution is 2.19. The molecule has 0 nitrogen and oxygen atoms in total. The molecule has 0 heterocycles. The Bertz CT molecular complexity index is 296. The zero-order chi connectivity index (χ0) is 10.8. The Morgan fingerprint density at radius 3 is 2.21 bits per heavy atom. The molecule has 0 aliphatic heterocycles. The van der Waals surface area contributed by atoms with Crippen molar-refractivity contribution in [1.29, 1.82) is 0 Å². The van der Waals surface area contributed by atoms with Gasteiger partial charge in [0, 0.05) is 0 Å². The SMILES string of the molecule is CCC(C)c1ccccc1[Si](C)(C)C. The maximum absolute atomic E-state index is 2.42. The predicted octanol–water partition coefficient (Wildman–Crippen LogP) is 3.75. The van der Waals surface area contributed by atoms with E-state index in [-0.39, 0.29) is 0 Å². The summed E-state index contributed by atoms with van der Waals surface area (Å²) in [6.07, 6.45) is 1.24. The van der Waals surface area contributed by atoms with Gasteiger partial charge in [0.2, 0.25) is 0 Å². The van der Waals surface area contributed by atoms with Crippen LogP contribution in [0.3, 0.4) is 0 Å². The van der Waals surface area contributed by atoms with Crippen molar-refractivity contribution in [1.82, 2.24) is 0 Å². The molecule has 1 unspecified atom stereocenters. The average Bonchev–Trinajstić information content (AvgIpc) is 2.15. The molecule has 1 rings (SSSR count). The molecule has 0 fully saturated rings. The molecule has 1 aromatic rings. The molecular formula is C13H22Si. The third kappa shape index (κ3) is 2.47. The minimum Gasteiger partial charge on any atom is -0.0656 e.